The van der Waals surface area contributed by atoms with Gasteiger partial charge in [-0.25, -0.2) is 0 Å². The fourth-order valence-electron chi connectivity index (χ4n) is 8.13. The summed E-state index contributed by atoms with van der Waals surface area (Å²) in [6.45, 7) is 34.5. The van der Waals surface area contributed by atoms with Crippen LogP contribution in [-0.2, 0) is 53.6 Å². The largest absolute Gasteiger partial charge is 0.507 e. The molecule has 0 amide bonds. The van der Waals surface area contributed by atoms with E-state index in [2.05, 4.69) is 109 Å². The molecule has 2 unspecified atom stereocenters. The first-order chi connectivity index (χ1) is 23.4. The molecule has 0 aromatic heterocycles. The molecule has 1 heterocycles. The number of carbonyl (C=O) groups excluding carboxylic acids is 2. The van der Waals surface area contributed by atoms with Crippen molar-refractivity contribution in [2.75, 3.05) is 13.2 Å². The number of phenolic OH excluding ortho intramolecular Hbond substituents is 2. The number of rotatable bonds is 10. The molecule has 3 rings (SSSR count). The Morgan fingerprint density at radius 2 is 1.06 bits per heavy atom. The maximum Gasteiger partial charge on any atom is 0.306 e. The SMILES string of the molecule is CC1CC(C)(OC(=O)CCc2cc(C(C)(C)C)c(O)c(C(C)(C)C)c2)CC(C)(C)N1CCOC(=O)CCc1cc(C(C)(C)C)c(O)c(C(C)(C)C)c1. The van der Waals surface area contributed by atoms with E-state index < -0.39 is 5.60 Å². The lowest BCUT2D eigenvalue weighted by Gasteiger charge is -2.53. The first-order valence-electron chi connectivity index (χ1n) is 19.3. The van der Waals surface area contributed by atoms with Gasteiger partial charge in [0.15, 0.2) is 0 Å². The molecule has 0 spiro atoms. The highest BCUT2D eigenvalue weighted by atomic mass is 16.6. The van der Waals surface area contributed by atoms with E-state index in [4.69, 9.17) is 9.47 Å². The monoisotopic (exact) mass is 722 g/mol. The van der Waals surface area contributed by atoms with Crippen LogP contribution >= 0.6 is 0 Å². The predicted octanol–water partition coefficient (Wildman–Crippen LogP) is 9.96. The number of carbonyl (C=O) groups is 2. The van der Waals surface area contributed by atoms with E-state index in [1.54, 1.807) is 0 Å². The molecule has 1 aliphatic rings. The summed E-state index contributed by atoms with van der Waals surface area (Å²) in [7, 11) is 0. The smallest absolute Gasteiger partial charge is 0.306 e. The predicted molar refractivity (Wildman–Crippen MR) is 213 cm³/mol. The normalized spacial score (nSPS) is 20.1. The molecule has 7 heteroatoms. The standard InChI is InChI=1S/C45H71NO6/c1-29-27-45(16,52-37(48)20-18-31-25-34(42(8,9)10)39(50)35(26-31)43(11,12)13)28-44(14,15)46(29)21-22-51-36(47)19-17-30-23-32(40(2,3)4)38(49)33(24-30)41(5,6)7/h23-26,29,49-50H,17-22,27-28H2,1-16H3. The van der Waals surface area contributed by atoms with Gasteiger partial charge in [0.2, 0.25) is 0 Å². The third kappa shape index (κ3) is 11.0. The number of hydrogen-bond donors (Lipinski definition) is 2. The van der Waals surface area contributed by atoms with Crippen LogP contribution in [0.1, 0.15) is 170 Å². The van der Waals surface area contributed by atoms with E-state index >= 15 is 0 Å². The Morgan fingerprint density at radius 1 is 0.692 bits per heavy atom. The fraction of sp³-hybridized carbons (Fsp3) is 0.689. The third-order valence-electron chi connectivity index (χ3n) is 10.6. The lowest BCUT2D eigenvalue weighted by atomic mass is 9.77. The van der Waals surface area contributed by atoms with Gasteiger partial charge >= 0.3 is 11.9 Å². The Balaban J connectivity index is 1.58. The molecule has 292 valence electrons. The molecule has 1 aliphatic heterocycles. The van der Waals surface area contributed by atoms with Gasteiger partial charge in [0, 0.05) is 43.8 Å². The zero-order valence-electron chi connectivity index (χ0n) is 35.5. The maximum atomic E-state index is 13.3. The van der Waals surface area contributed by atoms with E-state index in [9.17, 15) is 19.8 Å². The van der Waals surface area contributed by atoms with Crippen molar-refractivity contribution >= 4 is 11.9 Å². The second-order valence-electron chi connectivity index (χ2n) is 20.5. The Kier molecular flexibility index (Phi) is 12.8. The highest BCUT2D eigenvalue weighted by molar-refractivity contribution is 5.71. The van der Waals surface area contributed by atoms with Gasteiger partial charge in [-0.3, -0.25) is 14.5 Å². The number of aryl methyl sites for hydroxylation is 2. The second kappa shape index (κ2) is 15.4. The molecule has 0 bridgehead atoms. The molecule has 1 fully saturated rings. The molecule has 2 atom stereocenters. The zero-order valence-corrected chi connectivity index (χ0v) is 35.5. The topological polar surface area (TPSA) is 96.3 Å². The van der Waals surface area contributed by atoms with Crippen LogP contribution in [0, 0.1) is 0 Å². The highest BCUT2D eigenvalue weighted by Gasteiger charge is 2.47. The molecule has 0 saturated carbocycles. The summed E-state index contributed by atoms with van der Waals surface area (Å²) in [5.74, 6) is 0.235. The molecular formula is C45H71NO6. The van der Waals surface area contributed by atoms with Gasteiger partial charge in [-0.1, -0.05) is 107 Å². The Bertz CT molecular complexity index is 1520. The number of phenols is 2. The summed E-state index contributed by atoms with van der Waals surface area (Å²) in [4.78, 5) is 28.6. The molecule has 52 heavy (non-hydrogen) atoms. The van der Waals surface area contributed by atoms with Crippen molar-refractivity contribution in [2.24, 2.45) is 0 Å². The van der Waals surface area contributed by atoms with Crippen molar-refractivity contribution in [3.05, 3.63) is 57.6 Å². The Hall–Kier alpha value is -3.06. The number of aromatic hydroxyl groups is 2. The summed E-state index contributed by atoms with van der Waals surface area (Å²) in [5, 5.41) is 22.1. The van der Waals surface area contributed by atoms with Crippen molar-refractivity contribution in [3.8, 4) is 11.5 Å². The Morgan fingerprint density at radius 3 is 1.40 bits per heavy atom. The average molecular weight is 722 g/mol. The first-order valence-corrected chi connectivity index (χ1v) is 19.3. The van der Waals surface area contributed by atoms with Crippen LogP contribution in [0.15, 0.2) is 24.3 Å². The molecule has 7 nitrogen and oxygen atoms in total. The molecule has 1 saturated heterocycles. The number of esters is 2. The van der Waals surface area contributed by atoms with Gasteiger partial charge in [0.25, 0.3) is 0 Å². The average Bonchev–Trinajstić information content (AvgIpc) is 2.94. The first kappa shape index (κ1) is 43.3. The van der Waals surface area contributed by atoms with E-state index in [1.165, 1.54) is 0 Å². The van der Waals surface area contributed by atoms with Gasteiger partial charge in [-0.2, -0.15) is 0 Å². The number of hydrogen-bond acceptors (Lipinski definition) is 7. The molecule has 0 aliphatic carbocycles. The summed E-state index contributed by atoms with van der Waals surface area (Å²) >= 11 is 0. The number of likely N-dealkylation sites (tertiary alicyclic amines) is 1. The summed E-state index contributed by atoms with van der Waals surface area (Å²) in [6.07, 6.45) is 2.97. The second-order valence-corrected chi connectivity index (χ2v) is 20.5. The van der Waals surface area contributed by atoms with Gasteiger partial charge in [0.05, 0.1) is 0 Å². The van der Waals surface area contributed by atoms with Crippen LogP contribution < -0.4 is 0 Å². The van der Waals surface area contributed by atoms with Crippen molar-refractivity contribution in [2.45, 2.75) is 188 Å². The molecule has 0 radical (unpaired) electrons. The number of ether oxygens (including phenoxy) is 2. The quantitative estimate of drug-likeness (QED) is 0.236. The minimum Gasteiger partial charge on any atom is -0.507 e. The summed E-state index contributed by atoms with van der Waals surface area (Å²) < 4.78 is 12.0. The van der Waals surface area contributed by atoms with Gasteiger partial charge in [-0.15, -0.1) is 0 Å². The highest BCUT2D eigenvalue weighted by Crippen LogP contribution is 2.43. The van der Waals surface area contributed by atoms with Crippen LogP contribution in [0.2, 0.25) is 0 Å². The van der Waals surface area contributed by atoms with Crippen LogP contribution in [0.5, 0.6) is 11.5 Å². The molecular weight excluding hydrogens is 650 g/mol. The van der Waals surface area contributed by atoms with Crippen LogP contribution in [-0.4, -0.2) is 57.4 Å². The van der Waals surface area contributed by atoms with Gasteiger partial charge < -0.3 is 19.7 Å². The van der Waals surface area contributed by atoms with E-state index in [0.717, 1.165) is 33.4 Å². The lowest BCUT2D eigenvalue weighted by Crippen LogP contribution is -2.61. The number of piperidine rings is 1. The minimum absolute atomic E-state index is 0.115. The van der Waals surface area contributed by atoms with Gasteiger partial charge in [0.1, 0.15) is 23.7 Å². The van der Waals surface area contributed by atoms with Crippen molar-refractivity contribution in [3.63, 3.8) is 0 Å². The fourth-order valence-corrected chi connectivity index (χ4v) is 8.13. The number of benzene rings is 2. The third-order valence-corrected chi connectivity index (χ3v) is 10.6. The lowest BCUT2D eigenvalue weighted by molar-refractivity contribution is -0.174. The van der Waals surface area contributed by atoms with Crippen LogP contribution in [0.3, 0.4) is 0 Å². The van der Waals surface area contributed by atoms with E-state index in [-0.39, 0.29) is 58.0 Å². The summed E-state index contributed by atoms with van der Waals surface area (Å²) in [6, 6.07) is 8.24. The number of nitrogens with zero attached hydrogens (tertiary/aromatic N) is 1. The molecule has 2 N–H and O–H groups in total. The molecule has 2 aromatic carbocycles. The van der Waals surface area contributed by atoms with Crippen molar-refractivity contribution in [1.29, 1.82) is 0 Å². The van der Waals surface area contributed by atoms with Crippen molar-refractivity contribution in [1.82, 2.24) is 4.90 Å². The van der Waals surface area contributed by atoms with Gasteiger partial charge in [-0.05, 0) is 95.6 Å². The van der Waals surface area contributed by atoms with Crippen LogP contribution in [0.25, 0.3) is 0 Å². The summed E-state index contributed by atoms with van der Waals surface area (Å²) in [5.41, 5.74) is 3.81. The van der Waals surface area contributed by atoms with E-state index in [1.807, 2.05) is 31.2 Å². The Labute approximate surface area is 315 Å². The van der Waals surface area contributed by atoms with Crippen LogP contribution in [0.4, 0.5) is 0 Å². The maximum absolute atomic E-state index is 13.3. The minimum atomic E-state index is -0.614. The van der Waals surface area contributed by atoms with E-state index in [0.29, 0.717) is 50.3 Å². The molecule has 2 aromatic rings. The zero-order chi connectivity index (χ0) is 39.8. The van der Waals surface area contributed by atoms with Crippen molar-refractivity contribution < 1.29 is 29.3 Å².